The topological polar surface area (TPSA) is 102 Å². The Balaban J connectivity index is 1.34. The number of imidazole rings is 1. The Morgan fingerprint density at radius 1 is 1.05 bits per heavy atom. The molecule has 2 unspecified atom stereocenters. The molecule has 1 aliphatic carbocycles. The Morgan fingerprint density at radius 3 is 2.71 bits per heavy atom. The first-order chi connectivity index (χ1) is 20.4. The van der Waals surface area contributed by atoms with Gasteiger partial charge in [-0.15, -0.1) is 0 Å². The lowest BCUT2D eigenvalue weighted by Gasteiger charge is -2.36. The molecule has 7 rings (SSSR count). The monoisotopic (exact) mass is 577 g/mol. The number of alkyl halides is 2. The molecule has 9 nitrogen and oxygen atoms in total. The van der Waals surface area contributed by atoms with Gasteiger partial charge >= 0.3 is 6.61 Å². The molecule has 2 aromatic carbocycles. The molecule has 1 N–H and O–H groups in total. The number of hydrogen-bond donors (Lipinski definition) is 1. The van der Waals surface area contributed by atoms with Gasteiger partial charge in [-0.25, -0.2) is 18.7 Å². The van der Waals surface area contributed by atoms with E-state index in [9.17, 15) is 18.0 Å². The molecule has 1 saturated carbocycles. The van der Waals surface area contributed by atoms with Crippen molar-refractivity contribution in [3.8, 4) is 28.7 Å². The number of aromatic amines is 1. The van der Waals surface area contributed by atoms with Gasteiger partial charge in [0.2, 0.25) is 0 Å². The van der Waals surface area contributed by atoms with Crippen LogP contribution >= 0.6 is 0 Å². The number of carbonyl (C=O) groups excluding carboxylic acids is 1. The number of halogens is 4. The summed E-state index contributed by atoms with van der Waals surface area (Å²) in [4.78, 5) is 28.3. The molecular formula is C29H23F4N7O2. The SMILES string of the molecule is O=C1c2cc(F)ccc2CN1C1CCCC(n2c(-c3c(F)cccc3OC(F)F)nc3cnc(-c4ncn[nH]4)cc32)C1. The number of rotatable bonds is 6. The first kappa shape index (κ1) is 26.1. The number of H-pyrrole nitrogens is 1. The number of pyridine rings is 1. The van der Waals surface area contributed by atoms with E-state index in [0.717, 1.165) is 18.4 Å². The molecule has 42 heavy (non-hydrogen) atoms. The minimum absolute atomic E-state index is 0.110. The molecule has 0 spiro atoms. The Morgan fingerprint density at radius 2 is 1.90 bits per heavy atom. The van der Waals surface area contributed by atoms with Gasteiger partial charge in [0.1, 0.15) is 40.7 Å². The van der Waals surface area contributed by atoms with Crippen LogP contribution in [-0.2, 0) is 6.54 Å². The summed E-state index contributed by atoms with van der Waals surface area (Å²) in [6, 6.07) is 9.23. The van der Waals surface area contributed by atoms with Gasteiger partial charge in [-0.1, -0.05) is 12.1 Å². The summed E-state index contributed by atoms with van der Waals surface area (Å²) in [5, 5.41) is 6.65. The number of hydrogen-bond acceptors (Lipinski definition) is 6. The van der Waals surface area contributed by atoms with Crippen molar-refractivity contribution in [3.63, 3.8) is 0 Å². The van der Waals surface area contributed by atoms with Crippen LogP contribution in [0.3, 0.4) is 0 Å². The zero-order valence-electron chi connectivity index (χ0n) is 22.0. The summed E-state index contributed by atoms with van der Waals surface area (Å²) < 4.78 is 62.6. The fraction of sp³-hybridized carbons (Fsp3) is 0.276. The van der Waals surface area contributed by atoms with E-state index in [-0.39, 0.29) is 35.1 Å². The summed E-state index contributed by atoms with van der Waals surface area (Å²) >= 11 is 0. The van der Waals surface area contributed by atoms with E-state index in [4.69, 9.17) is 4.74 Å². The lowest BCUT2D eigenvalue weighted by atomic mass is 9.89. The smallest absolute Gasteiger partial charge is 0.387 e. The average Bonchev–Trinajstić information content (AvgIpc) is 3.71. The van der Waals surface area contributed by atoms with Gasteiger partial charge in [-0.3, -0.25) is 14.9 Å². The standard InChI is InChI=1S/C29H23F4N7O2/c30-16-8-7-15-13-39(28(41)19(15)9-16)17-3-1-4-18(10-17)40-23-11-21(26-35-14-36-38-26)34-12-22(23)37-27(40)25-20(31)5-2-6-24(25)42-29(32)33/h2,5-9,11-12,14,17-18,29H,1,3-4,10,13H2,(H,35,36,38). The van der Waals surface area contributed by atoms with Crippen LogP contribution in [0.1, 0.15) is 47.6 Å². The highest BCUT2D eigenvalue weighted by atomic mass is 19.3. The first-order valence-electron chi connectivity index (χ1n) is 13.4. The number of carbonyl (C=O) groups is 1. The predicted molar refractivity (Wildman–Crippen MR) is 142 cm³/mol. The lowest BCUT2D eigenvalue weighted by molar-refractivity contribution is -0.0496. The van der Waals surface area contributed by atoms with Crippen molar-refractivity contribution in [1.29, 1.82) is 0 Å². The molecule has 3 aromatic heterocycles. The summed E-state index contributed by atoms with van der Waals surface area (Å²) in [5.41, 5.74) is 2.39. The predicted octanol–water partition coefficient (Wildman–Crippen LogP) is 5.90. The van der Waals surface area contributed by atoms with E-state index >= 15 is 4.39 Å². The van der Waals surface area contributed by atoms with Crippen LogP contribution in [0.5, 0.6) is 5.75 Å². The van der Waals surface area contributed by atoms with Gasteiger partial charge in [0.05, 0.1) is 17.3 Å². The van der Waals surface area contributed by atoms with Crippen molar-refractivity contribution in [2.24, 2.45) is 0 Å². The zero-order chi connectivity index (χ0) is 29.0. The molecule has 5 aromatic rings. The number of ether oxygens (including phenoxy) is 1. The average molecular weight is 578 g/mol. The second kappa shape index (κ2) is 10.2. The third-order valence-electron chi connectivity index (χ3n) is 7.98. The fourth-order valence-electron chi connectivity index (χ4n) is 6.17. The van der Waals surface area contributed by atoms with E-state index in [0.29, 0.717) is 47.5 Å². The van der Waals surface area contributed by atoms with Crippen molar-refractivity contribution in [1.82, 2.24) is 34.6 Å². The number of aromatic nitrogens is 6. The van der Waals surface area contributed by atoms with Crippen LogP contribution in [0.2, 0.25) is 0 Å². The Hall–Kier alpha value is -4.81. The Bertz CT molecular complexity index is 1810. The number of fused-ring (bicyclic) bond motifs is 2. The van der Waals surface area contributed by atoms with Gasteiger partial charge in [0, 0.05) is 24.2 Å². The number of nitrogens with one attached hydrogen (secondary N) is 1. The van der Waals surface area contributed by atoms with Crippen molar-refractivity contribution in [3.05, 3.63) is 77.8 Å². The molecule has 1 aliphatic heterocycles. The van der Waals surface area contributed by atoms with Gasteiger partial charge in [-0.05, 0) is 61.6 Å². The van der Waals surface area contributed by atoms with Gasteiger partial charge in [0.15, 0.2) is 5.82 Å². The van der Waals surface area contributed by atoms with Crippen LogP contribution in [0, 0.1) is 11.6 Å². The number of benzene rings is 2. The quantitative estimate of drug-likeness (QED) is 0.252. The number of amides is 1. The molecule has 2 aliphatic rings. The third-order valence-corrected chi connectivity index (χ3v) is 7.98. The third kappa shape index (κ3) is 4.45. The van der Waals surface area contributed by atoms with Crippen LogP contribution in [0.15, 0.2) is 55.0 Å². The maximum atomic E-state index is 15.4. The highest BCUT2D eigenvalue weighted by Crippen LogP contribution is 2.42. The van der Waals surface area contributed by atoms with Crippen molar-refractivity contribution >= 4 is 16.9 Å². The summed E-state index contributed by atoms with van der Waals surface area (Å²) in [6.07, 6.45) is 5.47. The van der Waals surface area contributed by atoms with Gasteiger partial charge < -0.3 is 14.2 Å². The Kier molecular flexibility index (Phi) is 6.36. The van der Waals surface area contributed by atoms with E-state index in [1.54, 1.807) is 17.0 Å². The molecule has 0 radical (unpaired) electrons. The molecule has 0 saturated heterocycles. The summed E-state index contributed by atoms with van der Waals surface area (Å²) in [6.45, 7) is -2.81. The molecule has 1 amide bonds. The van der Waals surface area contributed by atoms with E-state index in [1.807, 2.05) is 4.57 Å². The maximum absolute atomic E-state index is 15.4. The Labute approximate surface area is 236 Å². The lowest BCUT2D eigenvalue weighted by Crippen LogP contribution is -2.39. The van der Waals surface area contributed by atoms with Crippen molar-refractivity contribution in [2.75, 3.05) is 0 Å². The molecule has 4 heterocycles. The molecular weight excluding hydrogens is 554 g/mol. The van der Waals surface area contributed by atoms with Crippen molar-refractivity contribution in [2.45, 2.75) is 50.9 Å². The normalized spacial score (nSPS) is 18.7. The van der Waals surface area contributed by atoms with E-state index < -0.39 is 18.2 Å². The first-order valence-corrected chi connectivity index (χ1v) is 13.4. The van der Waals surface area contributed by atoms with Crippen LogP contribution in [0.4, 0.5) is 17.6 Å². The molecule has 13 heteroatoms. The van der Waals surface area contributed by atoms with E-state index in [2.05, 4.69) is 25.1 Å². The fourth-order valence-corrected chi connectivity index (χ4v) is 6.17. The van der Waals surface area contributed by atoms with Gasteiger partial charge in [-0.2, -0.15) is 13.9 Å². The summed E-state index contributed by atoms with van der Waals surface area (Å²) in [5.74, 6) is -1.29. The highest BCUT2D eigenvalue weighted by molar-refractivity contribution is 5.98. The minimum Gasteiger partial charge on any atom is -0.434 e. The summed E-state index contributed by atoms with van der Waals surface area (Å²) in [7, 11) is 0. The largest absolute Gasteiger partial charge is 0.434 e. The van der Waals surface area contributed by atoms with Crippen LogP contribution in [0.25, 0.3) is 33.9 Å². The van der Waals surface area contributed by atoms with Crippen LogP contribution < -0.4 is 4.74 Å². The molecule has 1 fully saturated rings. The van der Waals surface area contributed by atoms with Gasteiger partial charge in [0.25, 0.3) is 5.91 Å². The maximum Gasteiger partial charge on any atom is 0.387 e. The van der Waals surface area contributed by atoms with E-state index in [1.165, 1.54) is 42.9 Å². The van der Waals surface area contributed by atoms with Crippen LogP contribution in [-0.4, -0.2) is 53.2 Å². The molecule has 214 valence electrons. The van der Waals surface area contributed by atoms with Crippen molar-refractivity contribution < 1.29 is 27.1 Å². The minimum atomic E-state index is -3.17. The molecule has 2 atom stereocenters. The second-order valence-corrected chi connectivity index (χ2v) is 10.4. The number of nitrogens with zero attached hydrogens (tertiary/aromatic N) is 6. The zero-order valence-corrected chi connectivity index (χ0v) is 22.0. The molecule has 0 bridgehead atoms. The second-order valence-electron chi connectivity index (χ2n) is 10.4. The highest BCUT2D eigenvalue weighted by Gasteiger charge is 2.37.